The molecule has 4 aliphatic carbocycles. The minimum absolute atomic E-state index is 0.0218. The second-order valence-electron chi connectivity index (χ2n) is 26.0. The third-order valence-electron chi connectivity index (χ3n) is 20.9. The van der Waals surface area contributed by atoms with E-state index >= 15 is 0 Å². The molecule has 0 atom stereocenters. The molecule has 2 aliphatic heterocycles. The highest BCUT2D eigenvalue weighted by atomic mass is 32.1. The molecule has 0 N–H and O–H groups in total. The topological polar surface area (TPSA) is 8.17 Å². The highest BCUT2D eigenvalue weighted by Gasteiger charge is 2.48. The average Bonchev–Trinajstić information content (AvgIpc) is 4.17. The summed E-state index contributed by atoms with van der Waals surface area (Å²) in [4.78, 5) is 2.76. The standard InChI is InChI=1S/C72H65BN2S/c1-70(2,3)50-25-28-61(55(38-50)46-19-5-4-6-20-46)74-63-30-27-54-57-35-47-21-7-8-22-48(47)37-64(57)76-69(54)66(63)73-65-58(36-49-23-9-10-24-53(49)68(65)74)60-41-52(72-33-13-17-45(43-72)18-14-34-72)40-59-56-39-51(26-29-62(56)75(73)67(59)60)71-31-11-15-44(42-71)16-12-32-71/h4-10,19-30,35-41,44-45H,11-18,31-34,42-43H2,1-3H3. The first-order chi connectivity index (χ1) is 37.2. The highest BCUT2D eigenvalue weighted by Crippen LogP contribution is 2.57. The van der Waals surface area contributed by atoms with Crippen molar-refractivity contribution in [3.05, 3.63) is 174 Å². The number of hydrogen-bond donors (Lipinski definition) is 0. The molecule has 4 heterocycles. The number of aromatic nitrogens is 1. The fraction of sp³-hybridized carbons (Fsp3) is 0.306. The van der Waals surface area contributed by atoms with Crippen molar-refractivity contribution in [2.75, 3.05) is 4.90 Å². The van der Waals surface area contributed by atoms with Gasteiger partial charge in [0.15, 0.2) is 0 Å². The summed E-state index contributed by atoms with van der Waals surface area (Å²) in [5.41, 5.74) is 20.1. The molecule has 0 unspecified atom stereocenters. The van der Waals surface area contributed by atoms with Crippen molar-refractivity contribution in [3.8, 4) is 22.3 Å². The first kappa shape index (κ1) is 44.5. The van der Waals surface area contributed by atoms with Gasteiger partial charge in [0.25, 0.3) is 0 Å². The Morgan fingerprint density at radius 3 is 1.89 bits per heavy atom. The zero-order valence-electron chi connectivity index (χ0n) is 44.4. The van der Waals surface area contributed by atoms with Crippen LogP contribution in [-0.4, -0.2) is 11.3 Å². The zero-order valence-corrected chi connectivity index (χ0v) is 45.3. The van der Waals surface area contributed by atoms with Gasteiger partial charge in [0.1, 0.15) is 0 Å². The monoisotopic (exact) mass is 1000 g/mol. The molecular formula is C72H65BN2S. The maximum Gasteiger partial charge on any atom is 0.334 e. The van der Waals surface area contributed by atoms with E-state index in [9.17, 15) is 0 Å². The lowest BCUT2D eigenvalue weighted by atomic mass is 9.44. The smallest absolute Gasteiger partial charge is 0.334 e. The van der Waals surface area contributed by atoms with Crippen LogP contribution in [0, 0.1) is 11.8 Å². The Balaban J connectivity index is 1.04. The van der Waals surface area contributed by atoms with Crippen LogP contribution >= 0.6 is 11.3 Å². The Labute approximate surface area is 451 Å². The molecule has 0 spiro atoms. The Bertz CT molecular complexity index is 4260. The summed E-state index contributed by atoms with van der Waals surface area (Å²) in [6.07, 6.45) is 19.1. The van der Waals surface area contributed by atoms with Crippen molar-refractivity contribution < 1.29 is 0 Å². The van der Waals surface area contributed by atoms with Crippen LogP contribution in [0.15, 0.2) is 158 Å². The van der Waals surface area contributed by atoms with Crippen molar-refractivity contribution in [1.29, 1.82) is 0 Å². The number of benzene rings is 9. The van der Waals surface area contributed by atoms with Crippen LogP contribution in [0.2, 0.25) is 0 Å². The van der Waals surface area contributed by atoms with Crippen LogP contribution in [0.5, 0.6) is 0 Å². The lowest BCUT2D eigenvalue weighted by molar-refractivity contribution is 0.149. The molecule has 372 valence electrons. The second kappa shape index (κ2) is 16.0. The molecule has 17 rings (SSSR count). The van der Waals surface area contributed by atoms with E-state index in [-0.39, 0.29) is 17.7 Å². The molecule has 4 heteroatoms. The van der Waals surface area contributed by atoms with E-state index in [1.807, 2.05) is 11.3 Å². The van der Waals surface area contributed by atoms with Crippen LogP contribution in [0.3, 0.4) is 0 Å². The Kier molecular flexibility index (Phi) is 9.36. The van der Waals surface area contributed by atoms with Crippen LogP contribution in [0.4, 0.5) is 17.1 Å². The summed E-state index contributed by atoms with van der Waals surface area (Å²) >= 11 is 2.02. The maximum absolute atomic E-state index is 2.91. The van der Waals surface area contributed by atoms with E-state index in [0.29, 0.717) is 5.41 Å². The van der Waals surface area contributed by atoms with E-state index in [1.54, 1.807) is 11.1 Å². The molecule has 9 aromatic carbocycles. The van der Waals surface area contributed by atoms with Gasteiger partial charge in [-0.05, 0) is 182 Å². The molecule has 4 bridgehead atoms. The van der Waals surface area contributed by atoms with Crippen molar-refractivity contribution >= 4 is 110 Å². The number of anilines is 3. The molecule has 0 saturated heterocycles. The summed E-state index contributed by atoms with van der Waals surface area (Å²) in [7, 11) is 0. The van der Waals surface area contributed by atoms with Gasteiger partial charge in [0.2, 0.25) is 0 Å². The number of hydrogen-bond acceptors (Lipinski definition) is 2. The minimum Gasteiger partial charge on any atom is -0.375 e. The highest BCUT2D eigenvalue weighted by molar-refractivity contribution is 7.27. The first-order valence-corrected chi connectivity index (χ1v) is 30.1. The van der Waals surface area contributed by atoms with Gasteiger partial charge in [-0.2, -0.15) is 0 Å². The lowest BCUT2D eigenvalue weighted by Gasteiger charge is -2.46. The molecule has 4 fully saturated rings. The van der Waals surface area contributed by atoms with Crippen molar-refractivity contribution in [3.63, 3.8) is 0 Å². The van der Waals surface area contributed by atoms with Gasteiger partial charge < -0.3 is 9.38 Å². The number of rotatable bonds is 4. The van der Waals surface area contributed by atoms with Gasteiger partial charge in [-0.15, -0.1) is 11.3 Å². The molecule has 0 radical (unpaired) electrons. The summed E-state index contributed by atoms with van der Waals surface area (Å²) in [5, 5.41) is 10.9. The van der Waals surface area contributed by atoms with Gasteiger partial charge >= 0.3 is 6.85 Å². The molecule has 2 nitrogen and oxygen atoms in total. The average molecular weight is 1000 g/mol. The first-order valence-electron chi connectivity index (χ1n) is 29.3. The summed E-state index contributed by atoms with van der Waals surface area (Å²) in [6.45, 7) is 7.03. The van der Waals surface area contributed by atoms with Gasteiger partial charge in [-0.25, -0.2) is 0 Å². The Morgan fingerprint density at radius 1 is 0.500 bits per heavy atom. The fourth-order valence-corrected chi connectivity index (χ4v) is 18.7. The predicted octanol–water partition coefficient (Wildman–Crippen LogP) is 19.1. The third-order valence-corrected chi connectivity index (χ3v) is 22.1. The maximum atomic E-state index is 2.91. The Morgan fingerprint density at radius 2 is 1.16 bits per heavy atom. The van der Waals surface area contributed by atoms with E-state index < -0.39 is 0 Å². The molecule has 4 saturated carbocycles. The van der Waals surface area contributed by atoms with Crippen LogP contribution in [0.25, 0.3) is 85.8 Å². The minimum atomic E-state index is -0.0518. The predicted molar refractivity (Wildman–Crippen MR) is 327 cm³/mol. The Hall–Kier alpha value is -6.62. The molecule has 0 amide bonds. The molecule has 2 aromatic heterocycles. The van der Waals surface area contributed by atoms with Gasteiger partial charge in [0.05, 0.1) is 11.4 Å². The number of fused-ring (bicyclic) bond motifs is 18. The van der Waals surface area contributed by atoms with E-state index in [2.05, 4.69) is 188 Å². The van der Waals surface area contributed by atoms with Gasteiger partial charge in [-0.1, -0.05) is 169 Å². The van der Waals surface area contributed by atoms with E-state index in [1.165, 1.54) is 209 Å². The van der Waals surface area contributed by atoms with Crippen molar-refractivity contribution in [2.24, 2.45) is 11.8 Å². The largest absolute Gasteiger partial charge is 0.375 e. The van der Waals surface area contributed by atoms with Gasteiger partial charge in [0, 0.05) is 64.2 Å². The summed E-state index contributed by atoms with van der Waals surface area (Å²) in [5.74, 6) is 1.72. The van der Waals surface area contributed by atoms with Crippen molar-refractivity contribution in [1.82, 2.24) is 4.48 Å². The summed E-state index contributed by atoms with van der Waals surface area (Å²) < 4.78 is 5.68. The SMILES string of the molecule is CC(C)(C)c1ccc(N2c3ccc4c(sc5cc6ccccc6cc54)c3B3c4c(cc5ccccc5c42)-c2cc(C45CCCC(CCC4)C5)cc4c5cc(C67CCCC(CCC6)C7)ccc5n3c24)c(-c2ccccc2)c1. The van der Waals surface area contributed by atoms with E-state index in [0.717, 1.165) is 11.8 Å². The summed E-state index contributed by atoms with van der Waals surface area (Å²) in [6, 6.07) is 63.2. The molecular weight excluding hydrogens is 936 g/mol. The van der Waals surface area contributed by atoms with Crippen LogP contribution in [-0.2, 0) is 16.2 Å². The third kappa shape index (κ3) is 6.23. The van der Waals surface area contributed by atoms with Crippen LogP contribution < -0.4 is 15.8 Å². The lowest BCUT2D eigenvalue weighted by Crippen LogP contribution is -2.57. The van der Waals surface area contributed by atoms with Gasteiger partial charge in [-0.3, -0.25) is 0 Å². The quantitative estimate of drug-likeness (QED) is 0.160. The fourth-order valence-electron chi connectivity index (χ4n) is 17.4. The zero-order chi connectivity index (χ0) is 50.2. The molecule has 76 heavy (non-hydrogen) atoms. The van der Waals surface area contributed by atoms with Crippen LogP contribution in [0.1, 0.15) is 127 Å². The second-order valence-corrected chi connectivity index (χ2v) is 27.0. The molecule has 6 aliphatic rings. The molecule has 11 aromatic rings. The van der Waals surface area contributed by atoms with E-state index in [4.69, 9.17) is 0 Å². The number of nitrogens with zero attached hydrogens (tertiary/aromatic N) is 2. The van der Waals surface area contributed by atoms with Crippen molar-refractivity contribution in [2.45, 2.75) is 127 Å². The normalized spacial score (nSPS) is 22.8. The number of thiophene rings is 1.